The average Bonchev–Trinajstić information content (AvgIpc) is 2.94. The fourth-order valence-corrected chi connectivity index (χ4v) is 2.61. The van der Waals surface area contributed by atoms with E-state index in [1.165, 1.54) is 26.3 Å². The summed E-state index contributed by atoms with van der Waals surface area (Å²) in [7, 11) is 0. The standard InChI is InChI=1S/C22H37N9O10/c1-5-14(32)28-11(2)20(38)26-9-18(36)30-12(3)21(39)25-7-16(34)23-6-15(33)24-8-17(35)29-13(4)22(40)27-10-19(37)31-41/h11-13,41H,5-10H2,1-4H3,(H,23,34)(H,24,33)(H,25,39)(H,26,38)(H,27,40)(H,28,32)(H,29,35)(H,30,36)(H,31,37). The quantitative estimate of drug-likeness (QED) is 0.0568. The molecule has 9 amide bonds. The predicted octanol–water partition coefficient (Wildman–Crippen LogP) is -6.00. The van der Waals surface area contributed by atoms with Gasteiger partial charge in [-0.15, -0.1) is 0 Å². The third-order valence-corrected chi connectivity index (χ3v) is 4.92. The summed E-state index contributed by atoms with van der Waals surface area (Å²) in [5.74, 6) is -6.15. The molecule has 0 aromatic rings. The molecule has 0 aliphatic carbocycles. The van der Waals surface area contributed by atoms with E-state index >= 15 is 0 Å². The Hall–Kier alpha value is -4.81. The molecule has 10 N–H and O–H groups in total. The lowest BCUT2D eigenvalue weighted by molar-refractivity contribution is -0.132. The Balaban J connectivity index is 4.22. The van der Waals surface area contributed by atoms with Gasteiger partial charge in [0, 0.05) is 6.42 Å². The van der Waals surface area contributed by atoms with Crippen LogP contribution in [0.2, 0.25) is 0 Å². The zero-order valence-electron chi connectivity index (χ0n) is 23.1. The largest absolute Gasteiger partial charge is 0.346 e. The number of hydrogen-bond acceptors (Lipinski definition) is 10. The lowest BCUT2D eigenvalue weighted by Gasteiger charge is -2.16. The maximum absolute atomic E-state index is 12.1. The minimum absolute atomic E-state index is 0.190. The van der Waals surface area contributed by atoms with Crippen LogP contribution in [0.1, 0.15) is 34.1 Å². The fourth-order valence-electron chi connectivity index (χ4n) is 2.61. The van der Waals surface area contributed by atoms with Crippen LogP contribution < -0.4 is 48.0 Å². The second-order valence-electron chi connectivity index (χ2n) is 8.46. The van der Waals surface area contributed by atoms with Crippen LogP contribution in [-0.4, -0.2) is 109 Å². The van der Waals surface area contributed by atoms with Gasteiger partial charge in [0.05, 0.1) is 32.7 Å². The summed E-state index contributed by atoms with van der Waals surface area (Å²) in [4.78, 5) is 105. The SMILES string of the molecule is CCC(=O)NC(C)C(=O)NCC(=O)NC(C)C(=O)NCC(=O)NCC(=O)NCC(=O)NC(C)C(=O)NCC(=O)NO. The van der Waals surface area contributed by atoms with E-state index in [1.807, 2.05) is 0 Å². The number of rotatable bonds is 17. The van der Waals surface area contributed by atoms with Gasteiger partial charge in [-0.1, -0.05) is 6.92 Å². The highest BCUT2D eigenvalue weighted by molar-refractivity contribution is 5.94. The molecular weight excluding hydrogens is 550 g/mol. The van der Waals surface area contributed by atoms with Crippen molar-refractivity contribution in [2.45, 2.75) is 52.2 Å². The van der Waals surface area contributed by atoms with Crippen molar-refractivity contribution in [2.24, 2.45) is 0 Å². The smallest absolute Gasteiger partial charge is 0.262 e. The molecule has 0 saturated carbocycles. The summed E-state index contributed by atoms with van der Waals surface area (Å²) in [5, 5.41) is 26.5. The summed E-state index contributed by atoms with van der Waals surface area (Å²) in [6.45, 7) is 3.17. The summed E-state index contributed by atoms with van der Waals surface area (Å²) in [5.41, 5.74) is 1.32. The van der Waals surface area contributed by atoms with Crippen molar-refractivity contribution in [1.29, 1.82) is 0 Å². The van der Waals surface area contributed by atoms with Gasteiger partial charge in [0.2, 0.25) is 47.3 Å². The second-order valence-corrected chi connectivity index (χ2v) is 8.46. The maximum atomic E-state index is 12.1. The molecule has 0 saturated heterocycles. The summed E-state index contributed by atoms with van der Waals surface area (Å²) in [6, 6.07) is -2.97. The van der Waals surface area contributed by atoms with Crippen LogP contribution in [0, 0.1) is 0 Å². The minimum atomic E-state index is -1.07. The Kier molecular flexibility index (Phi) is 17.0. The molecule has 0 fully saturated rings. The van der Waals surface area contributed by atoms with E-state index in [9.17, 15) is 43.2 Å². The fraction of sp³-hybridized carbons (Fsp3) is 0.591. The first-order valence-electron chi connectivity index (χ1n) is 12.4. The van der Waals surface area contributed by atoms with Crippen molar-refractivity contribution in [3.05, 3.63) is 0 Å². The Morgan fingerprint density at radius 1 is 0.463 bits per heavy atom. The van der Waals surface area contributed by atoms with E-state index in [0.29, 0.717) is 0 Å². The second kappa shape index (κ2) is 19.3. The number of nitrogens with one attached hydrogen (secondary N) is 9. The maximum Gasteiger partial charge on any atom is 0.262 e. The Morgan fingerprint density at radius 3 is 1.12 bits per heavy atom. The van der Waals surface area contributed by atoms with Crippen LogP contribution in [0.25, 0.3) is 0 Å². The van der Waals surface area contributed by atoms with Crippen LogP contribution in [0.15, 0.2) is 0 Å². The topological polar surface area (TPSA) is 282 Å². The molecule has 0 rings (SSSR count). The Bertz CT molecular complexity index is 1000. The van der Waals surface area contributed by atoms with Crippen LogP contribution in [0.4, 0.5) is 0 Å². The van der Waals surface area contributed by atoms with Gasteiger partial charge < -0.3 is 42.5 Å². The molecule has 0 heterocycles. The summed E-state index contributed by atoms with van der Waals surface area (Å²) < 4.78 is 0. The number of carbonyl (C=O) groups is 9. The number of hydrogen-bond donors (Lipinski definition) is 10. The van der Waals surface area contributed by atoms with Gasteiger partial charge in [-0.05, 0) is 20.8 Å². The molecule has 19 nitrogen and oxygen atoms in total. The van der Waals surface area contributed by atoms with Crippen molar-refractivity contribution >= 4 is 53.2 Å². The first kappa shape index (κ1) is 36.2. The van der Waals surface area contributed by atoms with Crippen molar-refractivity contribution in [3.8, 4) is 0 Å². The molecule has 3 atom stereocenters. The third kappa shape index (κ3) is 16.7. The molecule has 230 valence electrons. The van der Waals surface area contributed by atoms with Gasteiger partial charge in [-0.3, -0.25) is 48.4 Å². The Morgan fingerprint density at radius 2 is 0.756 bits per heavy atom. The van der Waals surface area contributed by atoms with Crippen molar-refractivity contribution in [1.82, 2.24) is 48.0 Å². The molecule has 0 aliphatic rings. The van der Waals surface area contributed by atoms with Crippen molar-refractivity contribution < 1.29 is 48.4 Å². The van der Waals surface area contributed by atoms with Crippen LogP contribution in [0.5, 0.6) is 0 Å². The van der Waals surface area contributed by atoms with E-state index in [1.54, 1.807) is 6.92 Å². The molecule has 0 bridgehead atoms. The van der Waals surface area contributed by atoms with Crippen molar-refractivity contribution in [3.63, 3.8) is 0 Å². The lowest BCUT2D eigenvalue weighted by atomic mass is 10.3. The number of carbonyl (C=O) groups excluding carboxylic acids is 9. The Labute approximate surface area is 235 Å². The van der Waals surface area contributed by atoms with Gasteiger partial charge in [-0.25, -0.2) is 5.48 Å². The number of amides is 9. The van der Waals surface area contributed by atoms with E-state index < -0.39 is 98.1 Å². The van der Waals surface area contributed by atoms with Gasteiger partial charge >= 0.3 is 0 Å². The normalized spacial score (nSPS) is 12.2. The van der Waals surface area contributed by atoms with Gasteiger partial charge in [0.1, 0.15) is 18.1 Å². The molecule has 0 aromatic heterocycles. The molecule has 3 unspecified atom stereocenters. The predicted molar refractivity (Wildman–Crippen MR) is 138 cm³/mol. The summed E-state index contributed by atoms with van der Waals surface area (Å²) in [6.07, 6.45) is 0.190. The minimum Gasteiger partial charge on any atom is -0.346 e. The van der Waals surface area contributed by atoms with E-state index in [0.717, 1.165) is 0 Å². The molecule has 41 heavy (non-hydrogen) atoms. The molecule has 19 heteroatoms. The molecule has 0 radical (unpaired) electrons. The van der Waals surface area contributed by atoms with Crippen LogP contribution in [-0.2, 0) is 43.2 Å². The third-order valence-electron chi connectivity index (χ3n) is 4.92. The first-order chi connectivity index (χ1) is 19.2. The number of hydroxylamine groups is 1. The van der Waals surface area contributed by atoms with Gasteiger partial charge in [0.25, 0.3) is 5.91 Å². The monoisotopic (exact) mass is 587 g/mol. The molecule has 0 aromatic carbocycles. The first-order valence-corrected chi connectivity index (χ1v) is 12.4. The van der Waals surface area contributed by atoms with Crippen LogP contribution >= 0.6 is 0 Å². The van der Waals surface area contributed by atoms with E-state index in [4.69, 9.17) is 5.21 Å². The molecule has 0 aliphatic heterocycles. The molecular formula is C22H37N9O10. The van der Waals surface area contributed by atoms with Gasteiger partial charge in [0.15, 0.2) is 0 Å². The highest BCUT2D eigenvalue weighted by Gasteiger charge is 2.20. The lowest BCUT2D eigenvalue weighted by Crippen LogP contribution is -2.52. The van der Waals surface area contributed by atoms with Crippen molar-refractivity contribution in [2.75, 3.05) is 32.7 Å². The summed E-state index contributed by atoms with van der Waals surface area (Å²) >= 11 is 0. The highest BCUT2D eigenvalue weighted by atomic mass is 16.5. The van der Waals surface area contributed by atoms with E-state index in [-0.39, 0.29) is 12.3 Å². The van der Waals surface area contributed by atoms with Gasteiger partial charge in [-0.2, -0.15) is 0 Å². The highest BCUT2D eigenvalue weighted by Crippen LogP contribution is 1.87. The molecule has 0 spiro atoms. The zero-order chi connectivity index (χ0) is 31.5. The van der Waals surface area contributed by atoms with Crippen LogP contribution in [0.3, 0.4) is 0 Å². The van der Waals surface area contributed by atoms with E-state index in [2.05, 4.69) is 42.5 Å². The zero-order valence-corrected chi connectivity index (χ0v) is 23.1. The average molecular weight is 588 g/mol.